The van der Waals surface area contributed by atoms with E-state index in [-0.39, 0.29) is 0 Å². The maximum absolute atomic E-state index is 6.56. The normalized spacial score (nSPS) is 11.2. The van der Waals surface area contributed by atoms with Gasteiger partial charge < -0.3 is 9.32 Å². The largest absolute Gasteiger partial charge is 0.455 e. The first-order valence-corrected chi connectivity index (χ1v) is 23.2. The van der Waals surface area contributed by atoms with Crippen molar-refractivity contribution in [3.05, 3.63) is 273 Å². The van der Waals surface area contributed by atoms with Crippen LogP contribution in [0.4, 0.5) is 17.1 Å². The zero-order valence-corrected chi connectivity index (χ0v) is 37.3. The van der Waals surface area contributed by atoms with Gasteiger partial charge in [-0.25, -0.2) is 0 Å². The molecule has 0 bridgehead atoms. The second-order valence-corrected chi connectivity index (χ2v) is 17.3. The molecule has 320 valence electrons. The number of para-hydroxylation sites is 1. The highest BCUT2D eigenvalue weighted by Gasteiger charge is 2.19. The highest BCUT2D eigenvalue weighted by molar-refractivity contribution is 6.02. The number of hydrogen-bond donors (Lipinski definition) is 0. The lowest BCUT2D eigenvalue weighted by atomic mass is 9.95. The summed E-state index contributed by atoms with van der Waals surface area (Å²) in [5.41, 5.74) is 19.3. The monoisotopic (exact) mass is 867 g/mol. The van der Waals surface area contributed by atoms with E-state index in [9.17, 15) is 0 Å². The predicted octanol–water partition coefficient (Wildman–Crippen LogP) is 18.7. The van der Waals surface area contributed by atoms with Gasteiger partial charge in [-0.15, -0.1) is 0 Å². The third-order valence-electron chi connectivity index (χ3n) is 13.1. The SMILES string of the molecule is c1ccc(-c2cccc(-c3ccc(N(c4ccc(-c5ccc(-c6cccc(-c7oc8ccccc8c7-c7ccccc7)c6)cc5)cc4)c4ccc(-c5ccc6ccccc6c5)cc4)cc3)c2)cc1. The molecular formula is C66H45NO. The molecule has 12 rings (SSSR count). The summed E-state index contributed by atoms with van der Waals surface area (Å²) in [5.74, 6) is 0.885. The minimum absolute atomic E-state index is 0.885. The van der Waals surface area contributed by atoms with Gasteiger partial charge in [0.25, 0.3) is 0 Å². The summed E-state index contributed by atoms with van der Waals surface area (Å²) in [7, 11) is 0. The Labute approximate surface area is 397 Å². The lowest BCUT2D eigenvalue weighted by Crippen LogP contribution is -2.09. The lowest BCUT2D eigenvalue weighted by molar-refractivity contribution is 0.632. The summed E-state index contributed by atoms with van der Waals surface area (Å²) < 4.78 is 6.56. The van der Waals surface area contributed by atoms with Crippen LogP contribution in [-0.2, 0) is 0 Å². The molecule has 0 saturated heterocycles. The molecule has 2 nitrogen and oxygen atoms in total. The summed E-state index contributed by atoms with van der Waals surface area (Å²) in [6.45, 7) is 0. The predicted molar refractivity (Wildman–Crippen MR) is 286 cm³/mol. The van der Waals surface area contributed by atoms with Gasteiger partial charge in [-0.05, 0) is 133 Å². The Balaban J connectivity index is 0.847. The number of hydrogen-bond acceptors (Lipinski definition) is 2. The van der Waals surface area contributed by atoms with E-state index >= 15 is 0 Å². The van der Waals surface area contributed by atoms with Crippen molar-refractivity contribution in [1.29, 1.82) is 0 Å². The summed E-state index contributed by atoms with van der Waals surface area (Å²) in [5, 5.41) is 3.60. The Morgan fingerprint density at radius 3 is 1.16 bits per heavy atom. The molecular weight excluding hydrogens is 823 g/mol. The molecule has 12 aromatic rings. The van der Waals surface area contributed by atoms with Gasteiger partial charge in [-0.3, -0.25) is 0 Å². The van der Waals surface area contributed by atoms with E-state index in [0.717, 1.165) is 72.7 Å². The fourth-order valence-electron chi connectivity index (χ4n) is 9.57. The van der Waals surface area contributed by atoms with Crippen LogP contribution in [0.25, 0.3) is 99.8 Å². The Morgan fingerprint density at radius 2 is 0.603 bits per heavy atom. The van der Waals surface area contributed by atoms with Gasteiger partial charge in [0.15, 0.2) is 0 Å². The van der Waals surface area contributed by atoms with E-state index in [0.29, 0.717) is 0 Å². The van der Waals surface area contributed by atoms with Crippen molar-refractivity contribution < 1.29 is 4.42 Å². The third-order valence-corrected chi connectivity index (χ3v) is 13.1. The number of benzene rings is 11. The number of fused-ring (bicyclic) bond motifs is 2. The molecule has 0 amide bonds. The molecule has 0 aliphatic carbocycles. The topological polar surface area (TPSA) is 16.4 Å². The maximum atomic E-state index is 6.56. The van der Waals surface area contributed by atoms with Crippen LogP contribution in [0.3, 0.4) is 0 Å². The number of rotatable bonds is 10. The van der Waals surface area contributed by atoms with E-state index < -0.39 is 0 Å². The van der Waals surface area contributed by atoms with E-state index in [1.54, 1.807) is 0 Å². The van der Waals surface area contributed by atoms with Crippen molar-refractivity contribution in [2.24, 2.45) is 0 Å². The number of nitrogens with zero attached hydrogens (tertiary/aromatic N) is 1. The highest BCUT2D eigenvalue weighted by Crippen LogP contribution is 2.43. The Morgan fingerprint density at radius 1 is 0.235 bits per heavy atom. The van der Waals surface area contributed by atoms with Gasteiger partial charge in [0.2, 0.25) is 0 Å². The van der Waals surface area contributed by atoms with Crippen molar-refractivity contribution in [3.8, 4) is 78.1 Å². The first-order chi connectivity index (χ1) is 33.7. The summed E-state index contributed by atoms with van der Waals surface area (Å²) in [4.78, 5) is 2.35. The summed E-state index contributed by atoms with van der Waals surface area (Å²) >= 11 is 0. The first kappa shape index (κ1) is 40.5. The average molecular weight is 868 g/mol. The molecule has 2 heteroatoms. The molecule has 11 aromatic carbocycles. The second-order valence-electron chi connectivity index (χ2n) is 17.3. The van der Waals surface area contributed by atoms with Crippen LogP contribution < -0.4 is 4.90 Å². The van der Waals surface area contributed by atoms with Crippen molar-refractivity contribution in [2.45, 2.75) is 0 Å². The Bertz CT molecular complexity index is 3680. The molecule has 0 unspecified atom stereocenters. The van der Waals surface area contributed by atoms with Gasteiger partial charge in [0, 0.05) is 33.6 Å². The summed E-state index contributed by atoms with van der Waals surface area (Å²) in [6, 6.07) is 97.8. The van der Waals surface area contributed by atoms with Crippen molar-refractivity contribution in [3.63, 3.8) is 0 Å². The van der Waals surface area contributed by atoms with Gasteiger partial charge in [0.1, 0.15) is 11.3 Å². The average Bonchev–Trinajstić information content (AvgIpc) is 3.82. The van der Waals surface area contributed by atoms with Crippen LogP contribution in [-0.4, -0.2) is 0 Å². The van der Waals surface area contributed by atoms with Crippen LogP contribution >= 0.6 is 0 Å². The van der Waals surface area contributed by atoms with Crippen LogP contribution in [0.2, 0.25) is 0 Å². The van der Waals surface area contributed by atoms with E-state index in [4.69, 9.17) is 4.42 Å². The second kappa shape index (κ2) is 17.8. The fraction of sp³-hybridized carbons (Fsp3) is 0. The van der Waals surface area contributed by atoms with Gasteiger partial charge in [0.05, 0.1) is 0 Å². The fourth-order valence-corrected chi connectivity index (χ4v) is 9.57. The molecule has 0 N–H and O–H groups in total. The molecule has 0 atom stereocenters. The zero-order chi connectivity index (χ0) is 45.2. The van der Waals surface area contributed by atoms with Gasteiger partial charge >= 0.3 is 0 Å². The molecule has 0 spiro atoms. The summed E-state index contributed by atoms with van der Waals surface area (Å²) in [6.07, 6.45) is 0. The molecule has 0 aliphatic heterocycles. The third kappa shape index (κ3) is 7.95. The van der Waals surface area contributed by atoms with Crippen LogP contribution in [0.1, 0.15) is 0 Å². The molecule has 1 aromatic heterocycles. The first-order valence-electron chi connectivity index (χ1n) is 23.2. The van der Waals surface area contributed by atoms with Crippen LogP contribution in [0.5, 0.6) is 0 Å². The van der Waals surface area contributed by atoms with Crippen molar-refractivity contribution >= 4 is 38.8 Å². The highest BCUT2D eigenvalue weighted by atomic mass is 16.3. The lowest BCUT2D eigenvalue weighted by Gasteiger charge is -2.26. The van der Waals surface area contributed by atoms with E-state index in [2.05, 4.69) is 266 Å². The number of furan rings is 1. The molecule has 0 radical (unpaired) electrons. The van der Waals surface area contributed by atoms with Crippen molar-refractivity contribution in [1.82, 2.24) is 0 Å². The molecule has 0 saturated carbocycles. The Hall–Kier alpha value is -8.98. The smallest absolute Gasteiger partial charge is 0.143 e. The molecule has 1 heterocycles. The van der Waals surface area contributed by atoms with Crippen LogP contribution in [0.15, 0.2) is 277 Å². The minimum Gasteiger partial charge on any atom is -0.455 e. The van der Waals surface area contributed by atoms with Crippen molar-refractivity contribution in [2.75, 3.05) is 4.90 Å². The zero-order valence-electron chi connectivity index (χ0n) is 37.3. The van der Waals surface area contributed by atoms with Crippen LogP contribution in [0, 0.1) is 0 Å². The van der Waals surface area contributed by atoms with Gasteiger partial charge in [-0.2, -0.15) is 0 Å². The van der Waals surface area contributed by atoms with Gasteiger partial charge in [-0.1, -0.05) is 212 Å². The quantitative estimate of drug-likeness (QED) is 0.136. The molecule has 68 heavy (non-hydrogen) atoms. The van der Waals surface area contributed by atoms with E-state index in [1.807, 2.05) is 12.1 Å². The maximum Gasteiger partial charge on any atom is 0.143 e. The molecule has 0 fully saturated rings. The Kier molecular flexibility index (Phi) is 10.6. The number of anilines is 3. The van der Waals surface area contributed by atoms with E-state index in [1.165, 1.54) is 44.2 Å². The minimum atomic E-state index is 0.885. The standard InChI is InChI=1S/C66H45NO/c1-3-13-46(14-4-1)55-19-11-20-56(43-55)51-33-39-61(40-34-51)67(62-41-35-52(36-42-62)58-30-29-47-15-7-8-18-54(47)44-58)60-37-31-49(32-38-60)48-25-27-50(28-26-48)57-21-12-22-59(45-57)66-65(53-16-5-2-6-17-53)63-23-9-10-24-64(63)68-66/h1-45H. The molecule has 0 aliphatic rings.